The smallest absolute Gasteiger partial charge is 0.307 e. The lowest BCUT2D eigenvalue weighted by Crippen LogP contribution is -2.21. The van der Waals surface area contributed by atoms with Crippen LogP contribution in [0.25, 0.3) is 11.1 Å². The van der Waals surface area contributed by atoms with E-state index in [-0.39, 0.29) is 22.9 Å². The molecule has 1 spiro atoms. The summed E-state index contributed by atoms with van der Waals surface area (Å²) >= 11 is 6.60. The van der Waals surface area contributed by atoms with E-state index in [2.05, 4.69) is 56.1 Å². The summed E-state index contributed by atoms with van der Waals surface area (Å²) < 4.78 is 12.3. The number of carboxylic acids is 1. The van der Waals surface area contributed by atoms with Gasteiger partial charge in [0.05, 0.1) is 17.0 Å². The van der Waals surface area contributed by atoms with Crippen molar-refractivity contribution in [2.75, 3.05) is 7.11 Å². The number of hydrogen-bond donors (Lipinski definition) is 1. The molecular formula is C32H36ClNO4. The third kappa shape index (κ3) is 4.94. The highest BCUT2D eigenvalue weighted by atomic mass is 35.5. The molecule has 5 nitrogen and oxygen atoms in total. The van der Waals surface area contributed by atoms with E-state index in [1.807, 2.05) is 19.1 Å². The van der Waals surface area contributed by atoms with Gasteiger partial charge in [-0.25, -0.2) is 0 Å². The van der Waals surface area contributed by atoms with E-state index in [1.165, 1.54) is 11.1 Å². The second kappa shape index (κ2) is 10.0. The van der Waals surface area contributed by atoms with Gasteiger partial charge in [-0.2, -0.15) is 0 Å². The van der Waals surface area contributed by atoms with Gasteiger partial charge in [0.1, 0.15) is 12.4 Å². The third-order valence-electron chi connectivity index (χ3n) is 8.17. The molecule has 5 rings (SSSR count). The number of methoxy groups -OCH3 is 1. The molecule has 3 atom stereocenters. The Morgan fingerprint density at radius 2 is 1.97 bits per heavy atom. The zero-order chi connectivity index (χ0) is 27.2. The van der Waals surface area contributed by atoms with Crippen molar-refractivity contribution >= 4 is 17.6 Å². The van der Waals surface area contributed by atoms with Crippen LogP contribution in [0.5, 0.6) is 5.75 Å². The second-order valence-corrected chi connectivity index (χ2v) is 12.3. The van der Waals surface area contributed by atoms with Gasteiger partial charge in [-0.3, -0.25) is 9.78 Å². The molecule has 0 aliphatic heterocycles. The minimum atomic E-state index is -0.687. The maximum Gasteiger partial charge on any atom is 0.307 e. The van der Waals surface area contributed by atoms with Crippen molar-refractivity contribution in [3.05, 3.63) is 81.6 Å². The van der Waals surface area contributed by atoms with Gasteiger partial charge in [-0.1, -0.05) is 50.6 Å². The van der Waals surface area contributed by atoms with Crippen molar-refractivity contribution in [3.8, 4) is 16.9 Å². The lowest BCUT2D eigenvalue weighted by Gasteiger charge is -2.32. The number of rotatable bonds is 7. The first-order valence-electron chi connectivity index (χ1n) is 13.3. The molecule has 0 amide bonds. The molecule has 1 saturated carbocycles. The van der Waals surface area contributed by atoms with Gasteiger partial charge in [0.25, 0.3) is 0 Å². The Morgan fingerprint density at radius 1 is 1.18 bits per heavy atom. The highest BCUT2D eigenvalue weighted by Crippen LogP contribution is 2.60. The Labute approximate surface area is 230 Å². The molecule has 1 fully saturated rings. The van der Waals surface area contributed by atoms with Crippen LogP contribution < -0.4 is 4.74 Å². The Kier molecular flexibility index (Phi) is 7.04. The molecule has 3 aromatic rings. The number of carbonyl (C=O) groups is 1. The molecule has 0 radical (unpaired) electrons. The maximum atomic E-state index is 11.7. The average molecular weight is 534 g/mol. The van der Waals surface area contributed by atoms with E-state index in [0.29, 0.717) is 11.6 Å². The predicted molar refractivity (Wildman–Crippen MR) is 150 cm³/mol. The van der Waals surface area contributed by atoms with Crippen LogP contribution in [0.3, 0.4) is 0 Å². The number of carboxylic acid groups (broad SMARTS) is 1. The van der Waals surface area contributed by atoms with E-state index in [0.717, 1.165) is 59.4 Å². The summed E-state index contributed by atoms with van der Waals surface area (Å²) in [5.41, 5.74) is 7.01. The van der Waals surface area contributed by atoms with Gasteiger partial charge in [0.2, 0.25) is 0 Å². The minimum absolute atomic E-state index is 0.144. The van der Waals surface area contributed by atoms with Crippen molar-refractivity contribution in [1.82, 2.24) is 4.98 Å². The van der Waals surface area contributed by atoms with E-state index in [4.69, 9.17) is 21.1 Å². The summed E-state index contributed by atoms with van der Waals surface area (Å²) in [4.78, 5) is 16.1. The van der Waals surface area contributed by atoms with Crippen molar-refractivity contribution in [2.24, 2.45) is 11.3 Å². The first-order valence-corrected chi connectivity index (χ1v) is 13.7. The number of ether oxygens (including phenoxy) is 2. The van der Waals surface area contributed by atoms with Crippen LogP contribution in [0.2, 0.25) is 5.02 Å². The molecule has 0 saturated heterocycles. The minimum Gasteiger partial charge on any atom is -0.489 e. The maximum absolute atomic E-state index is 11.7. The summed E-state index contributed by atoms with van der Waals surface area (Å²) in [5, 5.41) is 10.3. The molecule has 2 aliphatic carbocycles. The van der Waals surface area contributed by atoms with Crippen LogP contribution in [0, 0.1) is 18.3 Å². The van der Waals surface area contributed by atoms with Crippen LogP contribution in [-0.4, -0.2) is 23.2 Å². The highest BCUT2D eigenvalue weighted by Gasteiger charge is 2.60. The van der Waals surface area contributed by atoms with Crippen molar-refractivity contribution in [1.29, 1.82) is 0 Å². The number of benzene rings is 2. The van der Waals surface area contributed by atoms with Gasteiger partial charge >= 0.3 is 5.97 Å². The normalized spacial score (nSPS) is 21.2. The average Bonchev–Trinajstić information content (AvgIpc) is 3.59. The molecule has 0 unspecified atom stereocenters. The number of aliphatic carboxylic acids is 1. The first-order chi connectivity index (χ1) is 18.0. The fraction of sp³-hybridized carbons (Fsp3) is 0.438. The van der Waals surface area contributed by atoms with Gasteiger partial charge in [0.15, 0.2) is 0 Å². The zero-order valence-electron chi connectivity index (χ0n) is 22.8. The summed E-state index contributed by atoms with van der Waals surface area (Å²) in [6, 6.07) is 14.5. The molecule has 6 heteroatoms. The standard InChI is InChI=1S/C32H36ClNO4/c1-19-13-24(28(33)17-34-19)23-11-8-20(14-25(23)29(37-5)31(2,3)4)18-38-22-10-9-21-7-6-12-32(26(21)15-22)16-27(32)30(35)36/h8-11,13-15,17,27,29H,6-7,12,16,18H2,1-5H3,(H,35,36)/t27-,29-,32-/m0/s1. The SMILES string of the molecule is CO[C@@H](c1cc(COc2ccc3c(c2)[C@]2(CCC3)C[C@H]2C(=O)O)ccc1-c1cc(C)ncc1Cl)C(C)(C)C. The van der Waals surface area contributed by atoms with Crippen LogP contribution in [-0.2, 0) is 28.0 Å². The van der Waals surface area contributed by atoms with Gasteiger partial charge in [-0.15, -0.1) is 0 Å². The van der Waals surface area contributed by atoms with Crippen LogP contribution >= 0.6 is 11.6 Å². The van der Waals surface area contributed by atoms with E-state index in [9.17, 15) is 9.90 Å². The quantitative estimate of drug-likeness (QED) is 0.337. The molecule has 1 heterocycles. The number of aromatic nitrogens is 1. The number of pyridine rings is 1. The summed E-state index contributed by atoms with van der Waals surface area (Å²) in [5.74, 6) is -0.189. The van der Waals surface area contributed by atoms with Crippen molar-refractivity contribution in [2.45, 2.75) is 71.5 Å². The monoisotopic (exact) mass is 533 g/mol. The zero-order valence-corrected chi connectivity index (χ0v) is 23.6. The van der Waals surface area contributed by atoms with Crippen molar-refractivity contribution < 1.29 is 19.4 Å². The predicted octanol–water partition coefficient (Wildman–Crippen LogP) is 7.70. The number of aryl methyl sites for hydroxylation is 2. The lowest BCUT2D eigenvalue weighted by molar-refractivity contribution is -0.139. The van der Waals surface area contributed by atoms with E-state index in [1.54, 1.807) is 13.3 Å². The topological polar surface area (TPSA) is 68.7 Å². The molecule has 38 heavy (non-hydrogen) atoms. The van der Waals surface area contributed by atoms with Crippen LogP contribution in [0.15, 0.2) is 48.7 Å². The fourth-order valence-electron chi connectivity index (χ4n) is 6.29. The lowest BCUT2D eigenvalue weighted by atomic mass is 9.78. The van der Waals surface area contributed by atoms with E-state index >= 15 is 0 Å². The Morgan fingerprint density at radius 3 is 2.66 bits per heavy atom. The Bertz CT molecular complexity index is 1380. The van der Waals surface area contributed by atoms with E-state index < -0.39 is 5.97 Å². The molecule has 200 valence electrons. The molecular weight excluding hydrogens is 498 g/mol. The van der Waals surface area contributed by atoms with Crippen molar-refractivity contribution in [3.63, 3.8) is 0 Å². The van der Waals surface area contributed by atoms with Gasteiger partial charge in [-0.05, 0) is 90.1 Å². The number of halogens is 1. The van der Waals surface area contributed by atoms with Gasteiger partial charge in [0, 0.05) is 30.0 Å². The molecule has 0 bridgehead atoms. The molecule has 1 aromatic heterocycles. The fourth-order valence-corrected chi connectivity index (χ4v) is 6.49. The molecule has 2 aliphatic rings. The summed E-state index contributed by atoms with van der Waals surface area (Å²) in [7, 11) is 1.74. The Balaban J connectivity index is 1.46. The number of nitrogens with zero attached hydrogens (tertiary/aromatic N) is 1. The van der Waals surface area contributed by atoms with Crippen LogP contribution in [0.1, 0.15) is 74.1 Å². The van der Waals surface area contributed by atoms with Crippen LogP contribution in [0.4, 0.5) is 0 Å². The second-order valence-electron chi connectivity index (χ2n) is 11.9. The third-order valence-corrected chi connectivity index (χ3v) is 8.47. The Hall–Kier alpha value is -2.89. The highest BCUT2D eigenvalue weighted by molar-refractivity contribution is 6.33. The van der Waals surface area contributed by atoms with Gasteiger partial charge < -0.3 is 14.6 Å². The first kappa shape index (κ1) is 26.7. The molecule has 1 N–H and O–H groups in total. The number of fused-ring (bicyclic) bond motifs is 2. The molecule has 2 aromatic carbocycles. The summed E-state index contributed by atoms with van der Waals surface area (Å²) in [6.07, 6.45) is 5.25. The largest absolute Gasteiger partial charge is 0.489 e. The number of hydrogen-bond acceptors (Lipinski definition) is 4. The summed E-state index contributed by atoms with van der Waals surface area (Å²) in [6.45, 7) is 8.85.